The predicted octanol–water partition coefficient (Wildman–Crippen LogP) is 1.99. The Kier molecular flexibility index (Phi) is 3.79. The second-order valence-corrected chi connectivity index (χ2v) is 6.31. The SMILES string of the molecule is CC1CCN(C(=O)C2CCc3ccccc3C2)C1CN. The number of hydrogen-bond acceptors (Lipinski definition) is 2. The van der Waals surface area contributed by atoms with E-state index in [0.717, 1.165) is 32.2 Å². The Morgan fingerprint density at radius 1 is 1.30 bits per heavy atom. The molecule has 0 bridgehead atoms. The molecule has 2 aliphatic rings. The highest BCUT2D eigenvalue weighted by Gasteiger charge is 2.37. The van der Waals surface area contributed by atoms with Gasteiger partial charge < -0.3 is 10.6 Å². The first-order valence-electron chi connectivity index (χ1n) is 7.78. The van der Waals surface area contributed by atoms with E-state index in [1.807, 2.05) is 0 Å². The van der Waals surface area contributed by atoms with Crippen LogP contribution in [0.25, 0.3) is 0 Å². The minimum atomic E-state index is 0.157. The zero-order valence-electron chi connectivity index (χ0n) is 12.2. The molecule has 0 spiro atoms. The molecule has 0 radical (unpaired) electrons. The third kappa shape index (κ3) is 2.35. The van der Waals surface area contributed by atoms with E-state index in [2.05, 4.69) is 36.1 Å². The van der Waals surface area contributed by atoms with Crippen molar-refractivity contribution < 1.29 is 4.79 Å². The Morgan fingerprint density at radius 3 is 2.80 bits per heavy atom. The van der Waals surface area contributed by atoms with Crippen molar-refractivity contribution in [1.29, 1.82) is 0 Å². The number of benzene rings is 1. The molecule has 1 aliphatic heterocycles. The second kappa shape index (κ2) is 5.57. The van der Waals surface area contributed by atoms with Gasteiger partial charge in [0.2, 0.25) is 5.91 Å². The fraction of sp³-hybridized carbons (Fsp3) is 0.588. The van der Waals surface area contributed by atoms with Gasteiger partial charge >= 0.3 is 0 Å². The fourth-order valence-corrected chi connectivity index (χ4v) is 3.78. The lowest BCUT2D eigenvalue weighted by molar-refractivity contribution is -0.136. The molecule has 3 atom stereocenters. The first-order valence-corrected chi connectivity index (χ1v) is 7.78. The maximum Gasteiger partial charge on any atom is 0.226 e. The van der Waals surface area contributed by atoms with Gasteiger partial charge in [0.05, 0.1) is 0 Å². The van der Waals surface area contributed by atoms with E-state index in [1.165, 1.54) is 11.1 Å². The largest absolute Gasteiger partial charge is 0.338 e. The number of rotatable bonds is 2. The van der Waals surface area contributed by atoms with Crippen molar-refractivity contribution in [2.45, 2.75) is 38.6 Å². The summed E-state index contributed by atoms with van der Waals surface area (Å²) >= 11 is 0. The Morgan fingerprint density at radius 2 is 2.05 bits per heavy atom. The highest BCUT2D eigenvalue weighted by molar-refractivity contribution is 5.80. The number of carbonyl (C=O) groups excluding carboxylic acids is 1. The molecule has 1 heterocycles. The molecule has 1 amide bonds. The van der Waals surface area contributed by atoms with Crippen molar-refractivity contribution in [3.8, 4) is 0 Å². The molecule has 1 aliphatic carbocycles. The standard InChI is InChI=1S/C17H24N2O/c1-12-8-9-19(16(12)11-18)17(20)15-7-6-13-4-2-3-5-14(13)10-15/h2-5,12,15-16H,6-11,18H2,1H3. The van der Waals surface area contributed by atoms with Gasteiger partial charge in [-0.25, -0.2) is 0 Å². The molecule has 2 N–H and O–H groups in total. The molecule has 3 unspecified atom stereocenters. The molecule has 3 rings (SSSR count). The number of carbonyl (C=O) groups is 1. The number of amides is 1. The molecule has 3 nitrogen and oxygen atoms in total. The molecule has 3 heteroatoms. The van der Waals surface area contributed by atoms with E-state index in [-0.39, 0.29) is 12.0 Å². The van der Waals surface area contributed by atoms with Gasteiger partial charge in [0.1, 0.15) is 0 Å². The minimum Gasteiger partial charge on any atom is -0.338 e. The number of likely N-dealkylation sites (tertiary alicyclic amines) is 1. The average molecular weight is 272 g/mol. The zero-order chi connectivity index (χ0) is 14.1. The summed E-state index contributed by atoms with van der Waals surface area (Å²) in [5.41, 5.74) is 8.64. The smallest absolute Gasteiger partial charge is 0.226 e. The van der Waals surface area contributed by atoms with Crippen molar-refractivity contribution in [2.75, 3.05) is 13.1 Å². The Hall–Kier alpha value is -1.35. The van der Waals surface area contributed by atoms with Crippen LogP contribution >= 0.6 is 0 Å². The number of nitrogens with zero attached hydrogens (tertiary/aromatic N) is 1. The Labute approximate surface area is 121 Å². The lowest BCUT2D eigenvalue weighted by Crippen LogP contribution is -2.45. The Bertz CT molecular complexity index is 500. The van der Waals surface area contributed by atoms with Gasteiger partial charge in [0.15, 0.2) is 0 Å². The summed E-state index contributed by atoms with van der Waals surface area (Å²) in [6.07, 6.45) is 4.01. The monoisotopic (exact) mass is 272 g/mol. The van der Waals surface area contributed by atoms with Crippen LogP contribution in [0.2, 0.25) is 0 Å². The molecule has 0 aromatic heterocycles. The zero-order valence-corrected chi connectivity index (χ0v) is 12.2. The van der Waals surface area contributed by atoms with Crippen molar-refractivity contribution in [2.24, 2.45) is 17.6 Å². The first kappa shape index (κ1) is 13.6. The fourth-order valence-electron chi connectivity index (χ4n) is 3.78. The molecule has 1 fully saturated rings. The lowest BCUT2D eigenvalue weighted by atomic mass is 9.83. The third-order valence-corrected chi connectivity index (χ3v) is 5.10. The van der Waals surface area contributed by atoms with Gasteiger partial charge in [0.25, 0.3) is 0 Å². The molecule has 20 heavy (non-hydrogen) atoms. The summed E-state index contributed by atoms with van der Waals surface area (Å²) < 4.78 is 0. The summed E-state index contributed by atoms with van der Waals surface area (Å²) in [6.45, 7) is 3.69. The van der Waals surface area contributed by atoms with E-state index in [0.29, 0.717) is 18.4 Å². The van der Waals surface area contributed by atoms with Crippen molar-refractivity contribution >= 4 is 5.91 Å². The van der Waals surface area contributed by atoms with E-state index in [4.69, 9.17) is 5.73 Å². The van der Waals surface area contributed by atoms with Crippen LogP contribution in [-0.4, -0.2) is 29.9 Å². The summed E-state index contributed by atoms with van der Waals surface area (Å²) in [5, 5.41) is 0. The lowest BCUT2D eigenvalue weighted by Gasteiger charge is -2.32. The van der Waals surface area contributed by atoms with E-state index >= 15 is 0 Å². The third-order valence-electron chi connectivity index (χ3n) is 5.10. The average Bonchev–Trinajstić information content (AvgIpc) is 2.86. The first-order chi connectivity index (χ1) is 9.70. The van der Waals surface area contributed by atoms with Gasteiger partial charge in [-0.1, -0.05) is 31.2 Å². The van der Waals surface area contributed by atoms with E-state index < -0.39 is 0 Å². The normalized spacial score (nSPS) is 29.3. The van der Waals surface area contributed by atoms with Crippen LogP contribution in [0.1, 0.15) is 30.9 Å². The molecule has 1 saturated heterocycles. The summed E-state index contributed by atoms with van der Waals surface area (Å²) in [6, 6.07) is 8.78. The maximum atomic E-state index is 12.8. The van der Waals surface area contributed by atoms with Crippen LogP contribution in [0.15, 0.2) is 24.3 Å². The topological polar surface area (TPSA) is 46.3 Å². The molecule has 1 aromatic rings. The Balaban J connectivity index is 1.73. The molecule has 108 valence electrons. The van der Waals surface area contributed by atoms with Crippen LogP contribution in [0, 0.1) is 11.8 Å². The number of aryl methyl sites for hydroxylation is 1. The summed E-state index contributed by atoms with van der Waals surface area (Å²) in [7, 11) is 0. The number of nitrogens with two attached hydrogens (primary N) is 1. The molecule has 0 saturated carbocycles. The van der Waals surface area contributed by atoms with Gasteiger partial charge in [-0.15, -0.1) is 0 Å². The van der Waals surface area contributed by atoms with Crippen LogP contribution < -0.4 is 5.73 Å². The van der Waals surface area contributed by atoms with E-state index in [9.17, 15) is 4.79 Å². The van der Waals surface area contributed by atoms with Crippen LogP contribution in [0.5, 0.6) is 0 Å². The quantitative estimate of drug-likeness (QED) is 0.895. The van der Waals surface area contributed by atoms with Gasteiger partial charge in [-0.3, -0.25) is 4.79 Å². The minimum absolute atomic E-state index is 0.157. The van der Waals surface area contributed by atoms with Crippen LogP contribution in [-0.2, 0) is 17.6 Å². The van der Waals surface area contributed by atoms with Crippen LogP contribution in [0.4, 0.5) is 0 Å². The number of fused-ring (bicyclic) bond motifs is 1. The highest BCUT2D eigenvalue weighted by atomic mass is 16.2. The maximum absolute atomic E-state index is 12.8. The number of hydrogen-bond donors (Lipinski definition) is 1. The second-order valence-electron chi connectivity index (χ2n) is 6.31. The van der Waals surface area contributed by atoms with Crippen molar-refractivity contribution in [1.82, 2.24) is 4.90 Å². The highest BCUT2D eigenvalue weighted by Crippen LogP contribution is 2.30. The molecular weight excluding hydrogens is 248 g/mol. The van der Waals surface area contributed by atoms with E-state index in [1.54, 1.807) is 0 Å². The van der Waals surface area contributed by atoms with Gasteiger partial charge in [-0.05, 0) is 42.7 Å². The van der Waals surface area contributed by atoms with Gasteiger partial charge in [0, 0.05) is 25.0 Å². The molecule has 1 aromatic carbocycles. The predicted molar refractivity (Wildman–Crippen MR) is 80.3 cm³/mol. The molecular formula is C17H24N2O. The van der Waals surface area contributed by atoms with Crippen molar-refractivity contribution in [3.63, 3.8) is 0 Å². The van der Waals surface area contributed by atoms with Gasteiger partial charge in [-0.2, -0.15) is 0 Å². The van der Waals surface area contributed by atoms with Crippen LogP contribution in [0.3, 0.4) is 0 Å². The van der Waals surface area contributed by atoms with Crippen molar-refractivity contribution in [3.05, 3.63) is 35.4 Å². The summed E-state index contributed by atoms with van der Waals surface area (Å²) in [4.78, 5) is 14.9. The summed E-state index contributed by atoms with van der Waals surface area (Å²) in [5.74, 6) is 1.03.